The van der Waals surface area contributed by atoms with Crippen LogP contribution in [0, 0.1) is 0 Å². The summed E-state index contributed by atoms with van der Waals surface area (Å²) < 4.78 is 0. The molecular weight excluding hydrogens is 380 g/mol. The van der Waals surface area contributed by atoms with Crippen LogP contribution in [0.5, 0.6) is 0 Å². The van der Waals surface area contributed by atoms with E-state index in [1.54, 1.807) is 0 Å². The minimum absolute atomic E-state index is 0.279. The van der Waals surface area contributed by atoms with Gasteiger partial charge in [0.05, 0.1) is 0 Å². The van der Waals surface area contributed by atoms with E-state index < -0.39 is 36.1 Å². The summed E-state index contributed by atoms with van der Waals surface area (Å²) in [5, 5.41) is 55.3. The van der Waals surface area contributed by atoms with E-state index in [0.717, 1.165) is 51.6 Å². The molecule has 28 heavy (non-hydrogen) atoms. The molecule has 12 nitrogen and oxygen atoms in total. The lowest BCUT2D eigenvalue weighted by molar-refractivity contribution is -0.165. The van der Waals surface area contributed by atoms with Gasteiger partial charge in [-0.1, -0.05) is 12.8 Å². The van der Waals surface area contributed by atoms with E-state index in [2.05, 4.69) is 10.6 Å². The fourth-order valence-corrected chi connectivity index (χ4v) is 2.40. The highest BCUT2D eigenvalue weighted by Crippen LogP contribution is 2.06. The summed E-state index contributed by atoms with van der Waals surface area (Å²) in [7, 11) is 0. The number of carbonyl (C=O) groups is 4. The van der Waals surface area contributed by atoms with Crippen LogP contribution in [0.25, 0.3) is 0 Å². The summed E-state index contributed by atoms with van der Waals surface area (Å²) in [6.07, 6.45) is 1.36. The number of carboxylic acids is 4. The molecule has 0 bridgehead atoms. The number of rotatable bonds is 5. The van der Waals surface area contributed by atoms with Crippen molar-refractivity contribution < 1.29 is 49.8 Å². The second kappa shape index (κ2) is 13.8. The highest BCUT2D eigenvalue weighted by molar-refractivity contribution is 5.83. The zero-order valence-corrected chi connectivity index (χ0v) is 15.3. The highest BCUT2D eigenvalue weighted by atomic mass is 16.4. The SMILES string of the molecule is O=C(O)C(O)C(O)C(=O)O.O=C(O)C1CCCCN1.O=C(O)C1CCCCN1. The first-order valence-electron chi connectivity index (χ1n) is 8.82. The number of aliphatic hydroxyl groups is 2. The van der Waals surface area contributed by atoms with Crippen LogP contribution in [-0.2, 0) is 19.2 Å². The van der Waals surface area contributed by atoms with Crippen LogP contribution < -0.4 is 10.6 Å². The second-order valence-electron chi connectivity index (χ2n) is 6.25. The topological polar surface area (TPSA) is 214 Å². The maximum absolute atomic E-state index is 10.3. The van der Waals surface area contributed by atoms with Crippen molar-refractivity contribution in [1.82, 2.24) is 10.6 Å². The van der Waals surface area contributed by atoms with Crippen molar-refractivity contribution in [2.24, 2.45) is 0 Å². The molecule has 2 aliphatic rings. The molecule has 0 aromatic heterocycles. The molecule has 4 atom stereocenters. The van der Waals surface area contributed by atoms with Crippen LogP contribution >= 0.6 is 0 Å². The van der Waals surface area contributed by atoms with Crippen molar-refractivity contribution in [2.45, 2.75) is 62.8 Å². The Morgan fingerprint density at radius 1 is 0.643 bits per heavy atom. The lowest BCUT2D eigenvalue weighted by atomic mass is 10.1. The number of aliphatic carboxylic acids is 4. The molecule has 2 rings (SSSR count). The van der Waals surface area contributed by atoms with Gasteiger partial charge in [0.2, 0.25) is 0 Å². The average Bonchev–Trinajstić information content (AvgIpc) is 2.69. The molecule has 162 valence electrons. The predicted octanol–water partition coefficient (Wildman–Crippen LogP) is -1.70. The molecule has 12 heteroatoms. The molecule has 0 spiro atoms. The summed E-state index contributed by atoms with van der Waals surface area (Å²) in [6.45, 7) is 1.72. The standard InChI is InChI=1S/2C6H11NO2.C4H6O6/c2*8-6(9)5-3-1-2-4-7-5;5-1(3(7)8)2(6)4(9)10/h2*5,7H,1-4H2,(H,8,9);1-2,5-6H,(H,7,8)(H,9,10). The maximum atomic E-state index is 10.3. The van der Waals surface area contributed by atoms with Crippen molar-refractivity contribution >= 4 is 23.9 Å². The Balaban J connectivity index is 0.000000391. The van der Waals surface area contributed by atoms with Crippen LogP contribution in [0.4, 0.5) is 0 Å². The predicted molar refractivity (Wildman–Crippen MR) is 93.8 cm³/mol. The molecule has 0 aromatic rings. The smallest absolute Gasteiger partial charge is 0.335 e. The molecule has 0 saturated carbocycles. The summed E-state index contributed by atoms with van der Waals surface area (Å²) in [5.74, 6) is -4.96. The third kappa shape index (κ3) is 10.8. The summed E-state index contributed by atoms with van der Waals surface area (Å²) >= 11 is 0. The first-order chi connectivity index (χ1) is 13.1. The molecule has 2 aliphatic heterocycles. The lowest BCUT2D eigenvalue weighted by Crippen LogP contribution is -2.40. The molecule has 0 aliphatic carbocycles. The monoisotopic (exact) mass is 408 g/mol. The van der Waals surface area contributed by atoms with Gasteiger partial charge >= 0.3 is 23.9 Å². The van der Waals surface area contributed by atoms with Gasteiger partial charge in [-0.05, 0) is 38.8 Å². The Labute approximate surface area is 161 Å². The van der Waals surface area contributed by atoms with Gasteiger partial charge in [0, 0.05) is 0 Å². The number of piperidine rings is 2. The summed E-state index contributed by atoms with van der Waals surface area (Å²) in [5.41, 5.74) is 0. The van der Waals surface area contributed by atoms with E-state index in [0.29, 0.717) is 0 Å². The number of carboxylic acid groups (broad SMARTS) is 4. The van der Waals surface area contributed by atoms with Gasteiger partial charge in [0.25, 0.3) is 0 Å². The Morgan fingerprint density at radius 3 is 1.11 bits per heavy atom. The fourth-order valence-electron chi connectivity index (χ4n) is 2.40. The Hall–Kier alpha value is -2.28. The van der Waals surface area contributed by atoms with Crippen LogP contribution in [0.2, 0.25) is 0 Å². The van der Waals surface area contributed by atoms with Crippen LogP contribution in [0.3, 0.4) is 0 Å². The quantitative estimate of drug-likeness (QED) is 0.256. The van der Waals surface area contributed by atoms with E-state index in [4.69, 9.17) is 30.6 Å². The minimum Gasteiger partial charge on any atom is -0.480 e. The van der Waals surface area contributed by atoms with Gasteiger partial charge in [-0.15, -0.1) is 0 Å². The Kier molecular flexibility index (Phi) is 12.7. The molecule has 0 amide bonds. The van der Waals surface area contributed by atoms with Crippen molar-refractivity contribution in [3.05, 3.63) is 0 Å². The second-order valence-corrected chi connectivity index (χ2v) is 6.25. The summed E-state index contributed by atoms with van der Waals surface area (Å²) in [6, 6.07) is -0.558. The van der Waals surface area contributed by atoms with Gasteiger partial charge in [-0.2, -0.15) is 0 Å². The molecule has 2 saturated heterocycles. The molecule has 0 radical (unpaired) electrons. The number of aliphatic hydroxyl groups excluding tert-OH is 2. The van der Waals surface area contributed by atoms with Gasteiger partial charge < -0.3 is 41.3 Å². The number of hydrogen-bond donors (Lipinski definition) is 8. The third-order valence-electron chi connectivity index (χ3n) is 4.02. The number of hydrogen-bond acceptors (Lipinski definition) is 8. The average molecular weight is 408 g/mol. The molecule has 4 unspecified atom stereocenters. The molecule has 2 fully saturated rings. The third-order valence-corrected chi connectivity index (χ3v) is 4.02. The molecular formula is C16H28N2O10. The zero-order chi connectivity index (χ0) is 21.7. The van der Waals surface area contributed by atoms with E-state index in [9.17, 15) is 19.2 Å². The number of nitrogens with one attached hydrogen (secondary N) is 2. The van der Waals surface area contributed by atoms with Crippen molar-refractivity contribution in [1.29, 1.82) is 0 Å². The van der Waals surface area contributed by atoms with Crippen LogP contribution in [0.1, 0.15) is 38.5 Å². The Bertz CT molecular complexity index is 470. The van der Waals surface area contributed by atoms with Crippen LogP contribution in [0.15, 0.2) is 0 Å². The van der Waals surface area contributed by atoms with E-state index in [1.807, 2.05) is 0 Å². The zero-order valence-electron chi connectivity index (χ0n) is 15.3. The Morgan fingerprint density at radius 2 is 0.964 bits per heavy atom. The molecule has 8 N–H and O–H groups in total. The largest absolute Gasteiger partial charge is 0.480 e. The first-order valence-corrected chi connectivity index (χ1v) is 8.82. The van der Waals surface area contributed by atoms with Gasteiger partial charge in [-0.3, -0.25) is 9.59 Å². The van der Waals surface area contributed by atoms with Gasteiger partial charge in [-0.25, -0.2) is 9.59 Å². The van der Waals surface area contributed by atoms with Crippen LogP contribution in [-0.4, -0.2) is 91.9 Å². The fraction of sp³-hybridized carbons (Fsp3) is 0.750. The first kappa shape index (κ1) is 25.7. The van der Waals surface area contributed by atoms with E-state index in [1.165, 1.54) is 0 Å². The van der Waals surface area contributed by atoms with Crippen molar-refractivity contribution in [3.63, 3.8) is 0 Å². The minimum atomic E-state index is -2.27. The van der Waals surface area contributed by atoms with E-state index >= 15 is 0 Å². The van der Waals surface area contributed by atoms with E-state index in [-0.39, 0.29) is 12.1 Å². The molecule has 2 heterocycles. The van der Waals surface area contributed by atoms with Gasteiger partial charge in [0.15, 0.2) is 12.2 Å². The van der Waals surface area contributed by atoms with Crippen molar-refractivity contribution in [3.8, 4) is 0 Å². The maximum Gasteiger partial charge on any atom is 0.335 e. The van der Waals surface area contributed by atoms with Crippen molar-refractivity contribution in [2.75, 3.05) is 13.1 Å². The lowest BCUT2D eigenvalue weighted by Gasteiger charge is -2.18. The highest BCUT2D eigenvalue weighted by Gasteiger charge is 2.29. The van der Waals surface area contributed by atoms with Gasteiger partial charge in [0.1, 0.15) is 12.1 Å². The normalized spacial score (nSPS) is 23.5. The summed E-state index contributed by atoms with van der Waals surface area (Å²) in [4.78, 5) is 40.1. The molecule has 0 aromatic carbocycles.